The Bertz CT molecular complexity index is 895. The molecule has 0 aliphatic heterocycles. The number of carbonyl (C=O) groups excluding carboxylic acids is 1. The second-order valence-electron chi connectivity index (χ2n) is 6.82. The molecule has 0 aliphatic carbocycles. The number of hydrogen-bond donors (Lipinski definition) is 0. The van der Waals surface area contributed by atoms with Crippen LogP contribution in [0.3, 0.4) is 0 Å². The molecule has 28 heavy (non-hydrogen) atoms. The quantitative estimate of drug-likeness (QED) is 0.644. The minimum atomic E-state index is -3.42. The van der Waals surface area contributed by atoms with Crippen LogP contribution in [-0.2, 0) is 21.4 Å². The molecule has 0 aliphatic rings. The van der Waals surface area contributed by atoms with Crippen molar-refractivity contribution in [2.75, 3.05) is 31.3 Å². The molecule has 0 saturated heterocycles. The number of para-hydroxylation sites is 1. The summed E-state index contributed by atoms with van der Waals surface area (Å²) in [5.74, 6) is 0.754. The summed E-state index contributed by atoms with van der Waals surface area (Å²) in [6.45, 7) is 2.64. The van der Waals surface area contributed by atoms with E-state index >= 15 is 0 Å². The molecule has 0 fully saturated rings. The second-order valence-corrected chi connectivity index (χ2v) is 8.73. The van der Waals surface area contributed by atoms with Crippen LogP contribution in [0, 0.1) is 6.92 Å². The van der Waals surface area contributed by atoms with Crippen LogP contribution >= 0.6 is 0 Å². The zero-order valence-electron chi connectivity index (χ0n) is 16.9. The largest absolute Gasteiger partial charge is 0.497 e. The molecule has 1 amide bonds. The van der Waals surface area contributed by atoms with Gasteiger partial charge in [0.15, 0.2) is 0 Å². The number of benzene rings is 2. The lowest BCUT2D eigenvalue weighted by atomic mass is 10.2. The fourth-order valence-corrected chi connectivity index (χ4v) is 3.99. The highest BCUT2D eigenvalue weighted by molar-refractivity contribution is 7.92. The summed E-state index contributed by atoms with van der Waals surface area (Å²) in [5, 5.41) is 0. The Hall–Kier alpha value is -2.54. The summed E-state index contributed by atoms with van der Waals surface area (Å²) in [4.78, 5) is 14.1. The van der Waals surface area contributed by atoms with E-state index in [1.807, 2.05) is 49.4 Å². The zero-order valence-corrected chi connectivity index (χ0v) is 17.7. The molecule has 2 rings (SSSR count). The Labute approximate surface area is 167 Å². The summed E-state index contributed by atoms with van der Waals surface area (Å²) in [7, 11) is -0.0526. The molecule has 2 aromatic carbocycles. The fourth-order valence-electron chi connectivity index (χ4n) is 2.97. The highest BCUT2D eigenvalue weighted by Crippen LogP contribution is 2.22. The van der Waals surface area contributed by atoms with E-state index in [1.165, 1.54) is 10.6 Å². The maximum Gasteiger partial charge on any atom is 0.232 e. The van der Waals surface area contributed by atoms with Crippen molar-refractivity contribution < 1.29 is 17.9 Å². The first-order valence-corrected chi connectivity index (χ1v) is 11.0. The summed E-state index contributed by atoms with van der Waals surface area (Å²) in [6.07, 6.45) is 1.93. The van der Waals surface area contributed by atoms with Gasteiger partial charge in [-0.3, -0.25) is 9.10 Å². The molecule has 7 heteroatoms. The summed E-state index contributed by atoms with van der Waals surface area (Å²) in [5.41, 5.74) is 2.55. The van der Waals surface area contributed by atoms with Crippen molar-refractivity contribution in [1.29, 1.82) is 0 Å². The van der Waals surface area contributed by atoms with Crippen LogP contribution in [0.5, 0.6) is 5.75 Å². The third kappa shape index (κ3) is 5.99. The Kier molecular flexibility index (Phi) is 7.45. The fraction of sp³-hybridized carbons (Fsp3) is 0.381. The topological polar surface area (TPSA) is 66.9 Å². The first-order valence-electron chi connectivity index (χ1n) is 9.12. The van der Waals surface area contributed by atoms with E-state index in [4.69, 9.17) is 4.74 Å². The second kappa shape index (κ2) is 9.59. The zero-order chi connectivity index (χ0) is 20.7. The molecule has 0 spiro atoms. The highest BCUT2D eigenvalue weighted by Gasteiger charge is 2.19. The van der Waals surface area contributed by atoms with Gasteiger partial charge in [0.25, 0.3) is 0 Å². The summed E-state index contributed by atoms with van der Waals surface area (Å²) >= 11 is 0. The molecule has 0 atom stereocenters. The molecule has 0 bridgehead atoms. The molecular formula is C21H28N2O4S. The van der Waals surface area contributed by atoms with Crippen LogP contribution in [-0.4, -0.2) is 46.2 Å². The van der Waals surface area contributed by atoms with Crippen LogP contribution in [0.25, 0.3) is 0 Å². The van der Waals surface area contributed by atoms with E-state index in [9.17, 15) is 13.2 Å². The van der Waals surface area contributed by atoms with E-state index in [2.05, 4.69) is 0 Å². The normalized spacial score (nSPS) is 11.1. The van der Waals surface area contributed by atoms with Crippen molar-refractivity contribution in [3.8, 4) is 5.75 Å². The molecule has 0 heterocycles. The molecule has 2 aromatic rings. The van der Waals surface area contributed by atoms with Crippen molar-refractivity contribution >= 4 is 21.6 Å². The number of aryl methyl sites for hydroxylation is 1. The lowest BCUT2D eigenvalue weighted by Gasteiger charge is -2.24. The third-order valence-electron chi connectivity index (χ3n) is 4.54. The number of rotatable bonds is 9. The van der Waals surface area contributed by atoms with Gasteiger partial charge in [0, 0.05) is 26.6 Å². The van der Waals surface area contributed by atoms with Crippen molar-refractivity contribution in [1.82, 2.24) is 4.90 Å². The molecule has 6 nitrogen and oxygen atoms in total. The Morgan fingerprint density at radius 3 is 2.29 bits per heavy atom. The molecule has 0 radical (unpaired) electrons. The lowest BCUT2D eigenvalue weighted by molar-refractivity contribution is -0.130. The molecule has 0 unspecified atom stereocenters. The SMILES string of the molecule is COc1ccc(CN(C)C(=O)CCCN(c2ccccc2C)S(C)(=O)=O)cc1. The highest BCUT2D eigenvalue weighted by atomic mass is 32.2. The minimum Gasteiger partial charge on any atom is -0.497 e. The van der Waals surface area contributed by atoms with Gasteiger partial charge in [-0.25, -0.2) is 8.42 Å². The number of sulfonamides is 1. The van der Waals surface area contributed by atoms with Gasteiger partial charge in [-0.15, -0.1) is 0 Å². The lowest BCUT2D eigenvalue weighted by Crippen LogP contribution is -2.33. The average Bonchev–Trinajstić information content (AvgIpc) is 2.65. The van der Waals surface area contributed by atoms with Crippen LogP contribution in [0.1, 0.15) is 24.0 Å². The smallest absolute Gasteiger partial charge is 0.232 e. The van der Waals surface area contributed by atoms with E-state index < -0.39 is 10.0 Å². The predicted molar refractivity (Wildman–Crippen MR) is 112 cm³/mol. The summed E-state index contributed by atoms with van der Waals surface area (Å²) in [6, 6.07) is 14.9. The van der Waals surface area contributed by atoms with Gasteiger partial charge in [-0.2, -0.15) is 0 Å². The van der Waals surface area contributed by atoms with Crippen molar-refractivity contribution in [3.63, 3.8) is 0 Å². The van der Waals surface area contributed by atoms with Gasteiger partial charge in [0.05, 0.1) is 19.1 Å². The molecule has 0 saturated carbocycles. The first-order chi connectivity index (χ1) is 13.2. The van der Waals surface area contributed by atoms with E-state index in [0.29, 0.717) is 18.7 Å². The van der Waals surface area contributed by atoms with Gasteiger partial charge < -0.3 is 9.64 Å². The Balaban J connectivity index is 1.93. The third-order valence-corrected chi connectivity index (χ3v) is 5.72. The average molecular weight is 405 g/mol. The predicted octanol–water partition coefficient (Wildman–Crippen LogP) is 3.21. The van der Waals surface area contributed by atoms with Crippen LogP contribution in [0.2, 0.25) is 0 Å². The number of amides is 1. The minimum absolute atomic E-state index is 0.0194. The first kappa shape index (κ1) is 21.8. The number of hydrogen-bond acceptors (Lipinski definition) is 4. The van der Waals surface area contributed by atoms with Crippen molar-refractivity contribution in [2.24, 2.45) is 0 Å². The number of anilines is 1. The number of nitrogens with zero attached hydrogens (tertiary/aromatic N) is 2. The number of carbonyl (C=O) groups is 1. The van der Waals surface area contributed by atoms with E-state index in [1.54, 1.807) is 25.1 Å². The molecule has 152 valence electrons. The van der Waals surface area contributed by atoms with Gasteiger partial charge in [-0.1, -0.05) is 30.3 Å². The standard InChI is InChI=1S/C21H28N2O4S/c1-17-8-5-6-9-20(17)23(28(4,25)26)15-7-10-21(24)22(2)16-18-11-13-19(27-3)14-12-18/h5-6,8-9,11-14H,7,10,15-16H2,1-4H3. The van der Waals surface area contributed by atoms with Crippen LogP contribution in [0.15, 0.2) is 48.5 Å². The molecule has 0 N–H and O–H groups in total. The van der Waals surface area contributed by atoms with Gasteiger partial charge >= 0.3 is 0 Å². The monoisotopic (exact) mass is 404 g/mol. The molecule has 0 aromatic heterocycles. The summed E-state index contributed by atoms with van der Waals surface area (Å²) < 4.78 is 30.9. The van der Waals surface area contributed by atoms with E-state index in [0.717, 1.165) is 16.9 Å². The number of ether oxygens (including phenoxy) is 1. The molecular weight excluding hydrogens is 376 g/mol. The Morgan fingerprint density at radius 1 is 1.07 bits per heavy atom. The van der Waals surface area contributed by atoms with Crippen LogP contribution in [0.4, 0.5) is 5.69 Å². The van der Waals surface area contributed by atoms with Gasteiger partial charge in [0.1, 0.15) is 5.75 Å². The number of methoxy groups -OCH3 is 1. The maximum absolute atomic E-state index is 12.4. The van der Waals surface area contributed by atoms with Crippen molar-refractivity contribution in [2.45, 2.75) is 26.3 Å². The van der Waals surface area contributed by atoms with Gasteiger partial charge in [-0.05, 0) is 42.7 Å². The van der Waals surface area contributed by atoms with Crippen LogP contribution < -0.4 is 9.04 Å². The van der Waals surface area contributed by atoms with Crippen molar-refractivity contribution in [3.05, 3.63) is 59.7 Å². The van der Waals surface area contributed by atoms with E-state index in [-0.39, 0.29) is 18.9 Å². The van der Waals surface area contributed by atoms with Gasteiger partial charge in [0.2, 0.25) is 15.9 Å². The maximum atomic E-state index is 12.4. The Morgan fingerprint density at radius 2 is 1.71 bits per heavy atom.